The number of rotatable bonds is 13. The van der Waals surface area contributed by atoms with Crippen molar-refractivity contribution in [2.24, 2.45) is 5.73 Å². The highest BCUT2D eigenvalue weighted by Gasteiger charge is 2.38. The molecule has 0 bridgehead atoms. The normalized spacial score (nSPS) is 21.8. The maximum absolute atomic E-state index is 13.1. The predicted octanol–water partition coefficient (Wildman–Crippen LogP) is -2.08. The molecule has 2 rings (SSSR count). The van der Waals surface area contributed by atoms with Crippen LogP contribution in [0.5, 0.6) is 0 Å². The van der Waals surface area contributed by atoms with Crippen LogP contribution in [-0.2, 0) is 28.8 Å². The van der Waals surface area contributed by atoms with E-state index in [-0.39, 0.29) is 13.0 Å². The summed E-state index contributed by atoms with van der Waals surface area (Å²) in [6, 6.07) is -4.73. The number of hydrogen-bond acceptors (Lipinski definition) is 8. The molecule has 2 fully saturated rings. The lowest BCUT2D eigenvalue weighted by Crippen LogP contribution is -2.58. The summed E-state index contributed by atoms with van der Waals surface area (Å²) in [5.41, 5.74) is 5.24. The Hall–Kier alpha value is -2.87. The van der Waals surface area contributed by atoms with Gasteiger partial charge in [-0.2, -0.15) is 11.8 Å². The number of aliphatic carboxylic acids is 1. The third-order valence-electron chi connectivity index (χ3n) is 6.21. The van der Waals surface area contributed by atoms with Crippen molar-refractivity contribution in [1.82, 2.24) is 26.2 Å². The molecular weight excluding hydrogens is 492 g/mol. The van der Waals surface area contributed by atoms with Gasteiger partial charge >= 0.3 is 5.97 Å². The molecule has 36 heavy (non-hydrogen) atoms. The van der Waals surface area contributed by atoms with Gasteiger partial charge in [-0.1, -0.05) is 0 Å². The fraction of sp³-hybridized carbons (Fsp3) is 0.727. The van der Waals surface area contributed by atoms with Crippen LogP contribution < -0.4 is 27.0 Å². The van der Waals surface area contributed by atoms with Gasteiger partial charge in [0.05, 0.1) is 12.5 Å². The molecule has 202 valence electrons. The molecule has 0 saturated carbocycles. The number of thioether (sulfide) groups is 1. The van der Waals surface area contributed by atoms with Crippen molar-refractivity contribution < 1.29 is 33.9 Å². The van der Waals surface area contributed by atoms with Crippen molar-refractivity contribution in [2.45, 2.75) is 75.7 Å². The molecular formula is C22H36N6O7S. The summed E-state index contributed by atoms with van der Waals surface area (Å²) in [5, 5.41) is 20.0. The lowest BCUT2D eigenvalue weighted by molar-refractivity contribution is -0.149. The first-order valence-electron chi connectivity index (χ1n) is 12.0. The number of carboxylic acids is 1. The topological polar surface area (TPSA) is 200 Å². The van der Waals surface area contributed by atoms with Crippen LogP contribution >= 0.6 is 11.8 Å². The number of carbonyl (C=O) groups excluding carboxylic acids is 5. The third-order valence-corrected chi connectivity index (χ3v) is 6.86. The molecule has 0 spiro atoms. The first kappa shape index (κ1) is 29.4. The fourth-order valence-electron chi connectivity index (χ4n) is 4.25. The number of carbonyl (C=O) groups is 6. The van der Waals surface area contributed by atoms with Gasteiger partial charge in [0.1, 0.15) is 24.2 Å². The molecule has 2 heterocycles. The zero-order chi connectivity index (χ0) is 26.8. The highest BCUT2D eigenvalue weighted by molar-refractivity contribution is 7.98. The monoisotopic (exact) mass is 528 g/mol. The summed E-state index contributed by atoms with van der Waals surface area (Å²) < 4.78 is 0. The molecule has 7 N–H and O–H groups in total. The molecule has 2 saturated heterocycles. The van der Waals surface area contributed by atoms with Crippen molar-refractivity contribution in [3.63, 3.8) is 0 Å². The van der Waals surface area contributed by atoms with Crippen molar-refractivity contribution >= 4 is 47.3 Å². The summed E-state index contributed by atoms with van der Waals surface area (Å²) in [7, 11) is 0. The van der Waals surface area contributed by atoms with Crippen LogP contribution in [0, 0.1) is 0 Å². The highest BCUT2D eigenvalue weighted by Crippen LogP contribution is 2.19. The number of amides is 5. The van der Waals surface area contributed by atoms with Crippen LogP contribution in [0.15, 0.2) is 0 Å². The number of nitrogens with zero attached hydrogens (tertiary/aromatic N) is 1. The van der Waals surface area contributed by atoms with E-state index in [2.05, 4.69) is 21.3 Å². The second-order valence-corrected chi connectivity index (χ2v) is 9.97. The van der Waals surface area contributed by atoms with E-state index in [1.165, 1.54) is 23.6 Å². The molecule has 0 unspecified atom stereocenters. The standard InChI is InChI=1S/C22H36N6O7S/c1-12(25-20(32)15(11-17(23)29)27-19(31)13-5-3-8-24-13)18(30)26-14(7-10-36-2)21(33)28-9-4-6-16(28)22(34)35/h12-16,24H,3-11H2,1-2H3,(H2,23,29)(H,25,32)(H,26,30)(H,27,31)(H,34,35)/t12-,13-,14-,15-,16-/m0/s1. The SMILES string of the molecule is CSCC[C@H](NC(=O)[C@H](C)NC(=O)[C@H](CC(N)=O)NC(=O)[C@@H]1CCCN1)C(=O)N1CCC[C@H]1C(=O)O. The van der Waals surface area contributed by atoms with Crippen LogP contribution in [0.2, 0.25) is 0 Å². The third kappa shape index (κ3) is 8.36. The Balaban J connectivity index is 2.02. The van der Waals surface area contributed by atoms with Crippen LogP contribution in [-0.4, -0.2) is 101 Å². The zero-order valence-corrected chi connectivity index (χ0v) is 21.4. The van der Waals surface area contributed by atoms with Gasteiger partial charge in [-0.15, -0.1) is 0 Å². The quantitative estimate of drug-likeness (QED) is 0.155. The van der Waals surface area contributed by atoms with Crippen molar-refractivity contribution in [3.05, 3.63) is 0 Å². The number of nitrogens with two attached hydrogens (primary N) is 1. The number of carboxylic acid groups (broad SMARTS) is 1. The Morgan fingerprint density at radius 3 is 2.36 bits per heavy atom. The summed E-state index contributed by atoms with van der Waals surface area (Å²) in [6.45, 7) is 2.36. The van der Waals surface area contributed by atoms with Crippen LogP contribution in [0.1, 0.15) is 45.4 Å². The largest absolute Gasteiger partial charge is 0.480 e. The molecule has 13 nitrogen and oxygen atoms in total. The molecule has 0 radical (unpaired) electrons. The lowest BCUT2D eigenvalue weighted by Gasteiger charge is -2.28. The number of primary amides is 1. The number of hydrogen-bond donors (Lipinski definition) is 6. The predicted molar refractivity (Wildman–Crippen MR) is 132 cm³/mol. The Bertz CT molecular complexity index is 851. The molecule has 0 aromatic rings. The minimum absolute atomic E-state index is 0.282. The maximum Gasteiger partial charge on any atom is 0.326 e. The molecule has 5 atom stereocenters. The first-order valence-corrected chi connectivity index (χ1v) is 13.4. The van der Waals surface area contributed by atoms with Crippen LogP contribution in [0.25, 0.3) is 0 Å². The molecule has 0 aromatic heterocycles. The first-order chi connectivity index (χ1) is 17.0. The number of nitrogens with one attached hydrogen (secondary N) is 4. The van der Waals surface area contributed by atoms with Crippen molar-refractivity contribution in [3.8, 4) is 0 Å². The molecule has 0 aliphatic carbocycles. The van der Waals surface area contributed by atoms with Crippen molar-refractivity contribution in [2.75, 3.05) is 25.1 Å². The van der Waals surface area contributed by atoms with Gasteiger partial charge in [0.15, 0.2) is 0 Å². The Labute approximate surface area is 214 Å². The highest BCUT2D eigenvalue weighted by atomic mass is 32.2. The van der Waals surface area contributed by atoms with E-state index in [1.54, 1.807) is 0 Å². The molecule has 14 heteroatoms. The Morgan fingerprint density at radius 2 is 1.78 bits per heavy atom. The zero-order valence-electron chi connectivity index (χ0n) is 20.6. The molecule has 2 aliphatic rings. The lowest BCUT2D eigenvalue weighted by atomic mass is 10.1. The van der Waals surface area contributed by atoms with Crippen LogP contribution in [0.3, 0.4) is 0 Å². The van der Waals surface area contributed by atoms with E-state index in [4.69, 9.17) is 5.73 Å². The van der Waals surface area contributed by atoms with Gasteiger partial charge in [-0.25, -0.2) is 4.79 Å². The average molecular weight is 529 g/mol. The minimum Gasteiger partial charge on any atom is -0.480 e. The average Bonchev–Trinajstić information content (AvgIpc) is 3.52. The van der Waals surface area contributed by atoms with Crippen molar-refractivity contribution in [1.29, 1.82) is 0 Å². The van der Waals surface area contributed by atoms with Crippen LogP contribution in [0.4, 0.5) is 0 Å². The van der Waals surface area contributed by atoms with Gasteiger partial charge in [0.25, 0.3) is 0 Å². The van der Waals surface area contributed by atoms with Gasteiger partial charge < -0.3 is 37.0 Å². The minimum atomic E-state index is -1.26. The smallest absolute Gasteiger partial charge is 0.326 e. The van der Waals surface area contributed by atoms with Gasteiger partial charge in [0, 0.05) is 6.54 Å². The van der Waals surface area contributed by atoms with E-state index < -0.39 is 72.1 Å². The van der Waals surface area contributed by atoms with E-state index in [9.17, 15) is 33.9 Å². The van der Waals surface area contributed by atoms with E-state index in [0.717, 1.165) is 6.42 Å². The maximum atomic E-state index is 13.1. The fourth-order valence-corrected chi connectivity index (χ4v) is 4.72. The second-order valence-electron chi connectivity index (χ2n) is 8.98. The summed E-state index contributed by atoms with van der Waals surface area (Å²) >= 11 is 1.47. The van der Waals surface area contributed by atoms with E-state index in [0.29, 0.717) is 31.6 Å². The second kappa shape index (κ2) is 14.0. The molecule has 2 aliphatic heterocycles. The molecule has 5 amide bonds. The summed E-state index contributed by atoms with van der Waals surface area (Å²) in [5.74, 6) is -3.68. The van der Waals surface area contributed by atoms with E-state index in [1.807, 2.05) is 6.26 Å². The summed E-state index contributed by atoms with van der Waals surface area (Å²) in [4.78, 5) is 75.4. The summed E-state index contributed by atoms with van der Waals surface area (Å²) in [6.07, 6.45) is 3.99. The van der Waals surface area contributed by atoms with Gasteiger partial charge in [-0.3, -0.25) is 24.0 Å². The van der Waals surface area contributed by atoms with E-state index >= 15 is 0 Å². The Kier molecular flexibility index (Phi) is 11.4. The van der Waals surface area contributed by atoms with Gasteiger partial charge in [-0.05, 0) is 57.6 Å². The Morgan fingerprint density at radius 1 is 1.06 bits per heavy atom. The number of likely N-dealkylation sites (tertiary alicyclic amines) is 1. The molecule has 0 aromatic carbocycles. The van der Waals surface area contributed by atoms with Gasteiger partial charge in [0.2, 0.25) is 29.5 Å².